The van der Waals surface area contributed by atoms with E-state index in [0.29, 0.717) is 11.4 Å². The first kappa shape index (κ1) is 9.03. The number of H-pyrrole nitrogens is 1. The summed E-state index contributed by atoms with van der Waals surface area (Å²) in [5, 5.41) is 1.04. The van der Waals surface area contributed by atoms with Crippen LogP contribution in [0.4, 0.5) is 0 Å². The van der Waals surface area contributed by atoms with E-state index in [0.717, 1.165) is 10.9 Å². The van der Waals surface area contributed by atoms with Crippen LogP contribution in [-0.2, 0) is 0 Å². The fourth-order valence-electron chi connectivity index (χ4n) is 1.92. The number of ether oxygens (including phenoxy) is 1. The topological polar surface area (TPSA) is 46.5 Å². The van der Waals surface area contributed by atoms with Gasteiger partial charge in [-0.15, -0.1) is 0 Å². The van der Waals surface area contributed by atoms with Gasteiger partial charge in [0.25, 0.3) is 5.56 Å². The number of rotatable bonds is 1. The predicted molar refractivity (Wildman–Crippen MR) is 62.1 cm³/mol. The summed E-state index contributed by atoms with van der Waals surface area (Å²) < 4.78 is 6.89. The molecule has 3 rings (SSSR count). The van der Waals surface area contributed by atoms with Gasteiger partial charge in [0.15, 0.2) is 0 Å². The highest BCUT2D eigenvalue weighted by Gasteiger charge is 2.06. The largest absolute Gasteiger partial charge is 0.481 e. The highest BCUT2D eigenvalue weighted by atomic mass is 16.5. The molecule has 4 heteroatoms. The van der Waals surface area contributed by atoms with Crippen LogP contribution < -0.4 is 10.3 Å². The quantitative estimate of drug-likeness (QED) is 0.671. The van der Waals surface area contributed by atoms with E-state index in [1.54, 1.807) is 6.20 Å². The van der Waals surface area contributed by atoms with E-state index >= 15 is 0 Å². The number of aromatic nitrogens is 2. The molecule has 0 aliphatic carbocycles. The van der Waals surface area contributed by atoms with Crippen molar-refractivity contribution in [1.29, 1.82) is 0 Å². The minimum absolute atomic E-state index is 0.143. The first-order chi connectivity index (χ1) is 7.79. The minimum Gasteiger partial charge on any atom is -0.481 e. The molecule has 0 bridgehead atoms. The van der Waals surface area contributed by atoms with E-state index in [4.69, 9.17) is 4.74 Å². The van der Waals surface area contributed by atoms with Gasteiger partial charge in [0.1, 0.15) is 5.52 Å². The minimum atomic E-state index is -0.143. The van der Waals surface area contributed by atoms with E-state index in [9.17, 15) is 4.79 Å². The first-order valence-corrected chi connectivity index (χ1v) is 4.97. The van der Waals surface area contributed by atoms with Crippen LogP contribution in [0.25, 0.3) is 16.4 Å². The van der Waals surface area contributed by atoms with Gasteiger partial charge >= 0.3 is 0 Å². The van der Waals surface area contributed by atoms with Crippen molar-refractivity contribution in [2.24, 2.45) is 0 Å². The zero-order valence-electron chi connectivity index (χ0n) is 8.73. The van der Waals surface area contributed by atoms with Gasteiger partial charge in [-0.2, -0.15) is 0 Å². The van der Waals surface area contributed by atoms with Crippen LogP contribution >= 0.6 is 0 Å². The third kappa shape index (κ3) is 1.13. The standard InChI is InChI=1S/C12H10N2O2/c1-16-11-7-14-9-5-3-2-4-8(9)6-10(14)12(15)13-11/h2-7H,1H3,(H,13,15). The molecule has 1 N–H and O–H groups in total. The van der Waals surface area contributed by atoms with E-state index in [2.05, 4.69) is 4.98 Å². The lowest BCUT2D eigenvalue weighted by Crippen LogP contribution is -2.09. The second-order valence-electron chi connectivity index (χ2n) is 3.61. The molecule has 80 valence electrons. The Balaban J connectivity index is 2.56. The molecule has 0 amide bonds. The van der Waals surface area contributed by atoms with Crippen LogP contribution in [0.1, 0.15) is 0 Å². The van der Waals surface area contributed by atoms with Crippen molar-refractivity contribution in [1.82, 2.24) is 9.38 Å². The van der Waals surface area contributed by atoms with E-state index in [1.165, 1.54) is 7.11 Å². The maximum Gasteiger partial charge on any atom is 0.275 e. The van der Waals surface area contributed by atoms with Gasteiger partial charge in [-0.1, -0.05) is 18.2 Å². The highest BCUT2D eigenvalue weighted by molar-refractivity contribution is 5.86. The number of hydrogen-bond donors (Lipinski definition) is 1. The molecular weight excluding hydrogens is 204 g/mol. The van der Waals surface area contributed by atoms with Crippen molar-refractivity contribution in [3.8, 4) is 5.88 Å². The molecule has 0 saturated heterocycles. The van der Waals surface area contributed by atoms with Gasteiger partial charge in [0.05, 0.1) is 18.8 Å². The monoisotopic (exact) mass is 214 g/mol. The predicted octanol–water partition coefficient (Wildman–Crippen LogP) is 1.79. The third-order valence-electron chi connectivity index (χ3n) is 2.68. The van der Waals surface area contributed by atoms with Crippen LogP contribution in [-0.4, -0.2) is 16.5 Å². The summed E-state index contributed by atoms with van der Waals surface area (Å²) in [5.41, 5.74) is 1.49. The van der Waals surface area contributed by atoms with Crippen LogP contribution in [0.2, 0.25) is 0 Å². The van der Waals surface area contributed by atoms with Gasteiger partial charge in [-0.05, 0) is 12.1 Å². The molecule has 0 radical (unpaired) electrons. The van der Waals surface area contributed by atoms with Crippen molar-refractivity contribution < 1.29 is 4.74 Å². The fraction of sp³-hybridized carbons (Fsp3) is 0.0833. The third-order valence-corrected chi connectivity index (χ3v) is 2.68. The maximum absolute atomic E-state index is 11.8. The number of fused-ring (bicyclic) bond motifs is 3. The average Bonchev–Trinajstić information content (AvgIpc) is 2.68. The lowest BCUT2D eigenvalue weighted by molar-refractivity contribution is 0.394. The van der Waals surface area contributed by atoms with Gasteiger partial charge in [-0.25, -0.2) is 0 Å². The van der Waals surface area contributed by atoms with Crippen molar-refractivity contribution in [3.63, 3.8) is 0 Å². The van der Waals surface area contributed by atoms with Gasteiger partial charge in [-0.3, -0.25) is 9.78 Å². The molecule has 2 aromatic heterocycles. The Bertz CT molecular complexity index is 725. The van der Waals surface area contributed by atoms with Crippen LogP contribution in [0, 0.1) is 0 Å². The summed E-state index contributed by atoms with van der Waals surface area (Å²) in [6.45, 7) is 0. The fourth-order valence-corrected chi connectivity index (χ4v) is 1.92. The highest BCUT2D eigenvalue weighted by Crippen LogP contribution is 2.18. The zero-order chi connectivity index (χ0) is 11.1. The number of nitrogens with zero attached hydrogens (tertiary/aromatic N) is 1. The molecule has 1 aromatic carbocycles. The molecule has 16 heavy (non-hydrogen) atoms. The second kappa shape index (κ2) is 3.13. The Morgan fingerprint density at radius 3 is 2.88 bits per heavy atom. The molecule has 0 fully saturated rings. The van der Waals surface area contributed by atoms with Crippen molar-refractivity contribution in [2.45, 2.75) is 0 Å². The number of benzene rings is 1. The number of methoxy groups -OCH3 is 1. The molecule has 0 atom stereocenters. The molecule has 0 spiro atoms. The Morgan fingerprint density at radius 1 is 1.25 bits per heavy atom. The Morgan fingerprint density at radius 2 is 2.06 bits per heavy atom. The molecule has 4 nitrogen and oxygen atoms in total. The number of aromatic amines is 1. The number of nitrogens with one attached hydrogen (secondary N) is 1. The van der Waals surface area contributed by atoms with Crippen molar-refractivity contribution in [3.05, 3.63) is 46.9 Å². The molecule has 0 aliphatic rings. The molecule has 0 aliphatic heterocycles. The van der Waals surface area contributed by atoms with Crippen molar-refractivity contribution >= 4 is 16.4 Å². The Hall–Kier alpha value is -2.23. The summed E-state index contributed by atoms with van der Waals surface area (Å²) in [5.74, 6) is 0.457. The summed E-state index contributed by atoms with van der Waals surface area (Å²) in [6.07, 6.45) is 1.78. The normalized spacial score (nSPS) is 11.1. The Labute approximate surface area is 91.1 Å². The van der Waals surface area contributed by atoms with Gasteiger partial charge < -0.3 is 9.14 Å². The van der Waals surface area contributed by atoms with Crippen LogP contribution in [0.3, 0.4) is 0 Å². The lowest BCUT2D eigenvalue weighted by atomic mass is 10.2. The first-order valence-electron chi connectivity index (χ1n) is 4.97. The molecule has 2 heterocycles. The average molecular weight is 214 g/mol. The zero-order valence-corrected chi connectivity index (χ0v) is 8.73. The van der Waals surface area contributed by atoms with Gasteiger partial charge in [0, 0.05) is 5.39 Å². The maximum atomic E-state index is 11.8. The van der Waals surface area contributed by atoms with Crippen LogP contribution in [0.5, 0.6) is 5.88 Å². The number of para-hydroxylation sites is 1. The van der Waals surface area contributed by atoms with E-state index in [1.807, 2.05) is 34.7 Å². The SMILES string of the molecule is COc1cn2c(cc3ccccc32)c(=O)[nH]1. The number of hydrogen-bond acceptors (Lipinski definition) is 2. The van der Waals surface area contributed by atoms with Crippen LogP contribution in [0.15, 0.2) is 41.3 Å². The molecule has 0 saturated carbocycles. The molecular formula is C12H10N2O2. The van der Waals surface area contributed by atoms with Gasteiger partial charge in [0.2, 0.25) is 5.88 Å². The molecule has 3 aromatic rings. The van der Waals surface area contributed by atoms with Crippen molar-refractivity contribution in [2.75, 3.05) is 7.11 Å². The van der Waals surface area contributed by atoms with E-state index < -0.39 is 0 Å². The molecule has 0 unspecified atom stereocenters. The second-order valence-corrected chi connectivity index (χ2v) is 3.61. The Kier molecular flexibility index (Phi) is 1.77. The summed E-state index contributed by atoms with van der Waals surface area (Å²) in [7, 11) is 1.53. The summed E-state index contributed by atoms with van der Waals surface area (Å²) in [6, 6.07) is 9.72. The summed E-state index contributed by atoms with van der Waals surface area (Å²) >= 11 is 0. The summed E-state index contributed by atoms with van der Waals surface area (Å²) in [4.78, 5) is 14.4. The lowest BCUT2D eigenvalue weighted by Gasteiger charge is -2.01. The smallest absolute Gasteiger partial charge is 0.275 e. The van der Waals surface area contributed by atoms with E-state index in [-0.39, 0.29) is 5.56 Å².